The van der Waals surface area contributed by atoms with Crippen molar-refractivity contribution in [2.75, 3.05) is 14.2 Å². The molecule has 0 aliphatic heterocycles. The molecule has 3 nitrogen and oxygen atoms in total. The van der Waals surface area contributed by atoms with E-state index in [1.54, 1.807) is 7.11 Å². The zero-order chi connectivity index (χ0) is 13.8. The van der Waals surface area contributed by atoms with Gasteiger partial charge in [0.05, 0.1) is 7.11 Å². The maximum absolute atomic E-state index is 5.50. The first kappa shape index (κ1) is 14.3. The van der Waals surface area contributed by atoms with E-state index in [0.717, 1.165) is 23.7 Å². The van der Waals surface area contributed by atoms with Crippen molar-refractivity contribution in [1.82, 2.24) is 10.3 Å². The van der Waals surface area contributed by atoms with Crippen LogP contribution >= 0.6 is 0 Å². The number of nitrogens with one attached hydrogen (secondary N) is 1. The molecular weight excluding hydrogens is 236 g/mol. The van der Waals surface area contributed by atoms with E-state index in [-0.39, 0.29) is 0 Å². The molecule has 0 amide bonds. The predicted octanol–water partition coefficient (Wildman–Crippen LogP) is 3.03. The van der Waals surface area contributed by atoms with E-state index in [1.807, 2.05) is 6.20 Å². The Hall–Kier alpha value is -1.09. The van der Waals surface area contributed by atoms with Gasteiger partial charge in [-0.15, -0.1) is 0 Å². The van der Waals surface area contributed by atoms with Crippen LogP contribution in [0, 0.1) is 19.8 Å². The van der Waals surface area contributed by atoms with E-state index >= 15 is 0 Å². The third-order valence-electron chi connectivity index (χ3n) is 4.50. The van der Waals surface area contributed by atoms with Crippen molar-refractivity contribution in [1.29, 1.82) is 0 Å². The lowest BCUT2D eigenvalue weighted by Gasteiger charge is -2.24. The molecule has 0 aromatic carbocycles. The molecule has 1 fully saturated rings. The lowest BCUT2D eigenvalue weighted by Crippen LogP contribution is -2.34. The van der Waals surface area contributed by atoms with Gasteiger partial charge in [-0.05, 0) is 39.7 Å². The molecule has 1 N–H and O–H groups in total. The van der Waals surface area contributed by atoms with Crippen LogP contribution in [0.1, 0.15) is 42.5 Å². The van der Waals surface area contributed by atoms with Crippen molar-refractivity contribution in [3.8, 4) is 5.75 Å². The van der Waals surface area contributed by atoms with Gasteiger partial charge in [0.15, 0.2) is 0 Å². The normalized spacial score (nSPS) is 17.7. The third-order valence-corrected chi connectivity index (χ3v) is 4.50. The monoisotopic (exact) mass is 262 g/mol. The fourth-order valence-electron chi connectivity index (χ4n) is 3.35. The molecular formula is C16H26N2O. The minimum atomic E-state index is 0.543. The molecule has 1 aliphatic rings. The average Bonchev–Trinajstić information content (AvgIpc) is 2.92. The van der Waals surface area contributed by atoms with Gasteiger partial charge in [0.2, 0.25) is 0 Å². The number of aryl methyl sites for hydroxylation is 1. The Labute approximate surface area is 116 Å². The Balaban J connectivity index is 2.17. The fourth-order valence-corrected chi connectivity index (χ4v) is 3.35. The SMILES string of the molecule is CNC(Cc1ncc(C)c(OC)c1C)C1CCCC1. The van der Waals surface area contributed by atoms with Gasteiger partial charge in [-0.1, -0.05) is 12.8 Å². The van der Waals surface area contributed by atoms with Crippen LogP contribution in [0.15, 0.2) is 6.20 Å². The van der Waals surface area contributed by atoms with Gasteiger partial charge in [-0.3, -0.25) is 4.98 Å². The Bertz CT molecular complexity index is 425. The van der Waals surface area contributed by atoms with Crippen LogP contribution in [0.5, 0.6) is 5.75 Å². The highest BCUT2D eigenvalue weighted by atomic mass is 16.5. The molecule has 19 heavy (non-hydrogen) atoms. The number of methoxy groups -OCH3 is 1. The quantitative estimate of drug-likeness (QED) is 0.885. The van der Waals surface area contributed by atoms with Crippen molar-refractivity contribution >= 4 is 0 Å². The number of hydrogen-bond donors (Lipinski definition) is 1. The summed E-state index contributed by atoms with van der Waals surface area (Å²) in [6.45, 7) is 4.17. The molecule has 0 radical (unpaired) electrons. The number of nitrogens with zero attached hydrogens (tertiary/aromatic N) is 1. The number of aromatic nitrogens is 1. The molecule has 0 bridgehead atoms. The van der Waals surface area contributed by atoms with Gasteiger partial charge in [-0.2, -0.15) is 0 Å². The molecule has 0 spiro atoms. The summed E-state index contributed by atoms with van der Waals surface area (Å²) in [6, 6.07) is 0.543. The molecule has 106 valence electrons. The van der Waals surface area contributed by atoms with Gasteiger partial charge in [0.25, 0.3) is 0 Å². The van der Waals surface area contributed by atoms with E-state index in [4.69, 9.17) is 4.74 Å². The summed E-state index contributed by atoms with van der Waals surface area (Å²) in [7, 11) is 3.81. The standard InChI is InChI=1S/C16H26N2O/c1-11-10-18-14(12(2)16(11)19-4)9-15(17-3)13-7-5-6-8-13/h10,13,15,17H,5-9H2,1-4H3. The summed E-state index contributed by atoms with van der Waals surface area (Å²) < 4.78 is 5.50. The molecule has 0 saturated heterocycles. The highest BCUT2D eigenvalue weighted by Crippen LogP contribution is 2.31. The first-order valence-corrected chi connectivity index (χ1v) is 7.33. The number of pyridine rings is 1. The zero-order valence-corrected chi connectivity index (χ0v) is 12.6. The first-order valence-electron chi connectivity index (χ1n) is 7.33. The van der Waals surface area contributed by atoms with Crippen molar-refractivity contribution < 1.29 is 4.74 Å². The van der Waals surface area contributed by atoms with E-state index < -0.39 is 0 Å². The summed E-state index contributed by atoms with van der Waals surface area (Å²) >= 11 is 0. The molecule has 2 rings (SSSR count). The van der Waals surface area contributed by atoms with E-state index in [9.17, 15) is 0 Å². The summed E-state index contributed by atoms with van der Waals surface area (Å²) in [5.41, 5.74) is 3.49. The third kappa shape index (κ3) is 3.08. The molecule has 1 atom stereocenters. The second-order valence-corrected chi connectivity index (χ2v) is 5.69. The topological polar surface area (TPSA) is 34.2 Å². The van der Waals surface area contributed by atoms with Crippen LogP contribution in [0.3, 0.4) is 0 Å². The maximum atomic E-state index is 5.50. The van der Waals surface area contributed by atoms with Crippen LogP contribution in [0.25, 0.3) is 0 Å². The molecule has 1 heterocycles. The first-order chi connectivity index (χ1) is 9.17. The average molecular weight is 262 g/mol. The molecule has 3 heteroatoms. The molecule has 1 saturated carbocycles. The van der Waals surface area contributed by atoms with E-state index in [0.29, 0.717) is 6.04 Å². The van der Waals surface area contributed by atoms with Crippen molar-refractivity contribution in [2.45, 2.75) is 52.0 Å². The van der Waals surface area contributed by atoms with Gasteiger partial charge >= 0.3 is 0 Å². The predicted molar refractivity (Wildman–Crippen MR) is 78.8 cm³/mol. The van der Waals surface area contributed by atoms with Gasteiger partial charge in [0.1, 0.15) is 5.75 Å². The summed E-state index contributed by atoms with van der Waals surface area (Å²) in [6.07, 6.45) is 8.41. The van der Waals surface area contributed by atoms with Crippen LogP contribution in [-0.2, 0) is 6.42 Å². The second-order valence-electron chi connectivity index (χ2n) is 5.69. The minimum Gasteiger partial charge on any atom is -0.496 e. The summed E-state index contributed by atoms with van der Waals surface area (Å²) in [5.74, 6) is 1.80. The maximum Gasteiger partial charge on any atom is 0.128 e. The lowest BCUT2D eigenvalue weighted by atomic mass is 9.92. The molecule has 1 unspecified atom stereocenters. The van der Waals surface area contributed by atoms with E-state index in [1.165, 1.54) is 36.9 Å². The lowest BCUT2D eigenvalue weighted by molar-refractivity contribution is 0.371. The van der Waals surface area contributed by atoms with Crippen molar-refractivity contribution in [3.05, 3.63) is 23.0 Å². The van der Waals surface area contributed by atoms with E-state index in [2.05, 4.69) is 31.2 Å². The number of rotatable bonds is 5. The van der Waals surface area contributed by atoms with Crippen LogP contribution < -0.4 is 10.1 Å². The van der Waals surface area contributed by atoms with Crippen LogP contribution in [0.2, 0.25) is 0 Å². The molecule has 1 aromatic heterocycles. The minimum absolute atomic E-state index is 0.543. The van der Waals surface area contributed by atoms with Gasteiger partial charge < -0.3 is 10.1 Å². The number of ether oxygens (including phenoxy) is 1. The Kier molecular flexibility index (Phi) is 4.81. The van der Waals surface area contributed by atoms with Crippen LogP contribution in [-0.4, -0.2) is 25.2 Å². The van der Waals surface area contributed by atoms with Gasteiger partial charge in [0, 0.05) is 35.5 Å². The number of hydrogen-bond acceptors (Lipinski definition) is 3. The highest BCUT2D eigenvalue weighted by Gasteiger charge is 2.25. The highest BCUT2D eigenvalue weighted by molar-refractivity contribution is 5.41. The largest absolute Gasteiger partial charge is 0.496 e. The zero-order valence-electron chi connectivity index (χ0n) is 12.6. The Morgan fingerprint density at radius 1 is 1.37 bits per heavy atom. The van der Waals surface area contributed by atoms with Crippen molar-refractivity contribution in [3.63, 3.8) is 0 Å². The Morgan fingerprint density at radius 2 is 2.05 bits per heavy atom. The summed E-state index contributed by atoms with van der Waals surface area (Å²) in [5, 5.41) is 3.49. The van der Waals surface area contributed by atoms with Crippen molar-refractivity contribution in [2.24, 2.45) is 5.92 Å². The molecule has 1 aromatic rings. The van der Waals surface area contributed by atoms with Gasteiger partial charge in [-0.25, -0.2) is 0 Å². The second kappa shape index (κ2) is 6.38. The summed E-state index contributed by atoms with van der Waals surface area (Å²) in [4.78, 5) is 4.63. The number of likely N-dealkylation sites (N-methyl/N-ethyl adjacent to an activating group) is 1. The van der Waals surface area contributed by atoms with Crippen LogP contribution in [0.4, 0.5) is 0 Å². The fraction of sp³-hybridized carbons (Fsp3) is 0.688. The smallest absolute Gasteiger partial charge is 0.128 e. The Morgan fingerprint density at radius 3 is 2.63 bits per heavy atom. The molecule has 1 aliphatic carbocycles.